The highest BCUT2D eigenvalue weighted by Gasteiger charge is 2.01. The second-order valence-corrected chi connectivity index (χ2v) is 5.40. The number of aryl methyl sites for hydroxylation is 1. The van der Waals surface area contributed by atoms with E-state index in [0.717, 1.165) is 11.4 Å². The highest BCUT2D eigenvalue weighted by molar-refractivity contribution is 8.23. The van der Waals surface area contributed by atoms with Gasteiger partial charge < -0.3 is 10.4 Å². The van der Waals surface area contributed by atoms with Crippen molar-refractivity contribution in [3.63, 3.8) is 0 Å². The number of carboxylic acids is 1. The fraction of sp³-hybridized carbons (Fsp3) is 0.333. The topological polar surface area (TPSA) is 49.3 Å². The average Bonchev–Trinajstić information content (AvgIpc) is 2.27. The van der Waals surface area contributed by atoms with Gasteiger partial charge in [-0.15, -0.1) is 0 Å². The number of thioether (sulfide) groups is 1. The number of aliphatic carboxylic acids is 1. The predicted molar refractivity (Wildman–Crippen MR) is 76.7 cm³/mol. The maximum Gasteiger partial charge on any atom is 0.303 e. The second-order valence-electron chi connectivity index (χ2n) is 3.62. The van der Waals surface area contributed by atoms with Gasteiger partial charge in [-0.3, -0.25) is 4.79 Å². The van der Waals surface area contributed by atoms with Crippen molar-refractivity contribution >= 4 is 40.0 Å². The van der Waals surface area contributed by atoms with Crippen LogP contribution in [-0.4, -0.2) is 21.1 Å². The Bertz CT molecular complexity index is 390. The van der Waals surface area contributed by atoms with Gasteiger partial charge in [-0.1, -0.05) is 41.7 Å². The minimum atomic E-state index is -0.761. The molecule has 1 rings (SSSR count). The number of carboxylic acid groups (broad SMARTS) is 1. The van der Waals surface area contributed by atoms with Crippen LogP contribution in [0.25, 0.3) is 0 Å². The van der Waals surface area contributed by atoms with Gasteiger partial charge in [0, 0.05) is 17.9 Å². The number of rotatable bonds is 5. The lowest BCUT2D eigenvalue weighted by Crippen LogP contribution is -2.05. The average molecular weight is 269 g/mol. The van der Waals surface area contributed by atoms with Crippen LogP contribution in [0.5, 0.6) is 0 Å². The Labute approximate surface area is 111 Å². The molecule has 17 heavy (non-hydrogen) atoms. The minimum absolute atomic E-state index is 0.195. The normalized spacial score (nSPS) is 9.94. The molecule has 0 amide bonds. The van der Waals surface area contributed by atoms with Gasteiger partial charge in [-0.2, -0.15) is 0 Å². The van der Waals surface area contributed by atoms with E-state index in [1.807, 2.05) is 31.2 Å². The van der Waals surface area contributed by atoms with Crippen LogP contribution in [0, 0.1) is 6.92 Å². The number of hydrogen-bond donors (Lipinski definition) is 2. The lowest BCUT2D eigenvalue weighted by molar-refractivity contribution is -0.137. The molecule has 0 aromatic heterocycles. The molecule has 0 aliphatic rings. The molecule has 0 fully saturated rings. The van der Waals surface area contributed by atoms with Crippen LogP contribution < -0.4 is 5.32 Å². The summed E-state index contributed by atoms with van der Waals surface area (Å²) in [6, 6.07) is 7.97. The summed E-state index contributed by atoms with van der Waals surface area (Å²) in [5.41, 5.74) is 2.17. The Morgan fingerprint density at radius 2 is 2.06 bits per heavy atom. The smallest absolute Gasteiger partial charge is 0.303 e. The molecule has 1 aromatic carbocycles. The Morgan fingerprint density at radius 1 is 1.41 bits per heavy atom. The van der Waals surface area contributed by atoms with Crippen LogP contribution in [0.4, 0.5) is 5.69 Å². The fourth-order valence-electron chi connectivity index (χ4n) is 1.18. The van der Waals surface area contributed by atoms with Crippen LogP contribution in [0.1, 0.15) is 18.4 Å². The van der Waals surface area contributed by atoms with E-state index in [4.69, 9.17) is 17.3 Å². The van der Waals surface area contributed by atoms with Crippen molar-refractivity contribution in [3.8, 4) is 0 Å². The summed E-state index contributed by atoms with van der Waals surface area (Å²) in [7, 11) is 0. The number of thiocarbonyl (C=S) groups is 1. The van der Waals surface area contributed by atoms with Crippen LogP contribution in [0.3, 0.4) is 0 Å². The van der Waals surface area contributed by atoms with Gasteiger partial charge in [0.05, 0.1) is 0 Å². The van der Waals surface area contributed by atoms with Gasteiger partial charge in [0.15, 0.2) is 0 Å². The van der Waals surface area contributed by atoms with Crippen molar-refractivity contribution in [3.05, 3.63) is 29.8 Å². The monoisotopic (exact) mass is 269 g/mol. The maximum atomic E-state index is 10.3. The van der Waals surface area contributed by atoms with Crippen LogP contribution in [0.2, 0.25) is 0 Å². The summed E-state index contributed by atoms with van der Waals surface area (Å²) in [6.45, 7) is 2.03. The molecular weight excluding hydrogens is 254 g/mol. The molecule has 0 aliphatic carbocycles. The molecule has 0 spiro atoms. The maximum absolute atomic E-state index is 10.3. The molecule has 0 unspecified atom stereocenters. The zero-order valence-electron chi connectivity index (χ0n) is 9.60. The van der Waals surface area contributed by atoms with Crippen LogP contribution >= 0.6 is 24.0 Å². The van der Waals surface area contributed by atoms with Crippen LogP contribution in [0.15, 0.2) is 24.3 Å². The Hall–Kier alpha value is -1.07. The van der Waals surface area contributed by atoms with Gasteiger partial charge in [-0.25, -0.2) is 0 Å². The number of hydrogen-bond acceptors (Lipinski definition) is 3. The SMILES string of the molecule is Cc1ccc(NC(=S)SCCCC(=O)O)cc1. The summed E-state index contributed by atoms with van der Waals surface area (Å²) in [6.07, 6.45) is 0.829. The molecule has 0 aliphatic heterocycles. The van der Waals surface area contributed by atoms with E-state index in [2.05, 4.69) is 5.32 Å². The zero-order valence-corrected chi connectivity index (χ0v) is 11.2. The van der Waals surface area contributed by atoms with E-state index in [1.54, 1.807) is 0 Å². The third-order valence-corrected chi connectivity index (χ3v) is 3.38. The van der Waals surface area contributed by atoms with E-state index in [9.17, 15) is 4.79 Å². The molecule has 0 saturated heterocycles. The molecule has 3 nitrogen and oxygen atoms in total. The zero-order chi connectivity index (χ0) is 12.7. The van der Waals surface area contributed by atoms with E-state index < -0.39 is 5.97 Å². The minimum Gasteiger partial charge on any atom is -0.481 e. The summed E-state index contributed by atoms with van der Waals surface area (Å²) in [5, 5.41) is 11.6. The molecule has 5 heteroatoms. The standard InChI is InChI=1S/C12H15NO2S2/c1-9-4-6-10(7-5-9)13-12(16)17-8-2-3-11(14)15/h4-7H,2-3,8H2,1H3,(H,13,16)(H,14,15). The Kier molecular flexibility index (Phi) is 6.00. The lowest BCUT2D eigenvalue weighted by atomic mass is 10.2. The lowest BCUT2D eigenvalue weighted by Gasteiger charge is -2.07. The van der Waals surface area contributed by atoms with Gasteiger partial charge in [0.2, 0.25) is 0 Å². The molecule has 0 atom stereocenters. The highest BCUT2D eigenvalue weighted by atomic mass is 32.2. The Morgan fingerprint density at radius 3 is 2.65 bits per heavy atom. The molecule has 92 valence electrons. The van der Waals surface area contributed by atoms with Crippen molar-refractivity contribution in [2.75, 3.05) is 11.1 Å². The summed E-state index contributed by atoms with van der Waals surface area (Å²) >= 11 is 6.63. The van der Waals surface area contributed by atoms with Crippen molar-refractivity contribution < 1.29 is 9.90 Å². The molecule has 0 radical (unpaired) electrons. The van der Waals surface area contributed by atoms with E-state index >= 15 is 0 Å². The third-order valence-electron chi connectivity index (χ3n) is 2.07. The third kappa shape index (κ3) is 6.28. The number of carbonyl (C=O) groups is 1. The van der Waals surface area contributed by atoms with E-state index in [-0.39, 0.29) is 6.42 Å². The number of anilines is 1. The Balaban J connectivity index is 2.25. The highest BCUT2D eigenvalue weighted by Crippen LogP contribution is 2.14. The van der Waals surface area contributed by atoms with E-state index in [1.165, 1.54) is 17.3 Å². The van der Waals surface area contributed by atoms with Crippen molar-refractivity contribution in [1.29, 1.82) is 0 Å². The molecule has 0 saturated carbocycles. The molecule has 1 aromatic rings. The first kappa shape index (κ1) is 14.0. The number of nitrogens with one attached hydrogen (secondary N) is 1. The number of benzene rings is 1. The first-order valence-corrected chi connectivity index (χ1v) is 6.69. The molecule has 2 N–H and O–H groups in total. The molecular formula is C12H15NO2S2. The summed E-state index contributed by atoms with van der Waals surface area (Å²) in [5.74, 6) is -0.0349. The summed E-state index contributed by atoms with van der Waals surface area (Å²) < 4.78 is 0.680. The van der Waals surface area contributed by atoms with Crippen LogP contribution in [-0.2, 0) is 4.79 Å². The fourth-order valence-corrected chi connectivity index (χ4v) is 2.21. The van der Waals surface area contributed by atoms with E-state index in [0.29, 0.717) is 10.7 Å². The quantitative estimate of drug-likeness (QED) is 0.634. The van der Waals surface area contributed by atoms with Gasteiger partial charge in [0.25, 0.3) is 0 Å². The van der Waals surface area contributed by atoms with Crippen molar-refractivity contribution in [2.45, 2.75) is 19.8 Å². The first-order chi connectivity index (χ1) is 8.08. The van der Waals surface area contributed by atoms with Gasteiger partial charge in [0.1, 0.15) is 4.32 Å². The predicted octanol–water partition coefficient (Wildman–Crippen LogP) is 3.29. The summed E-state index contributed by atoms with van der Waals surface area (Å²) in [4.78, 5) is 10.3. The van der Waals surface area contributed by atoms with Crippen molar-refractivity contribution in [2.24, 2.45) is 0 Å². The largest absolute Gasteiger partial charge is 0.481 e. The molecule has 0 heterocycles. The second kappa shape index (κ2) is 7.29. The van der Waals surface area contributed by atoms with Gasteiger partial charge in [-0.05, 0) is 25.5 Å². The molecule has 0 bridgehead atoms. The van der Waals surface area contributed by atoms with Crippen molar-refractivity contribution in [1.82, 2.24) is 0 Å². The van der Waals surface area contributed by atoms with Gasteiger partial charge >= 0.3 is 5.97 Å². The first-order valence-electron chi connectivity index (χ1n) is 5.30.